The van der Waals surface area contributed by atoms with Crippen molar-refractivity contribution in [2.75, 3.05) is 55.5 Å². The number of esters is 1. The normalized spacial score (nSPS) is 14.5. The number of fused-ring (bicyclic) bond motifs is 1. The zero-order valence-electron chi connectivity index (χ0n) is 23.2. The van der Waals surface area contributed by atoms with E-state index in [1.807, 2.05) is 17.0 Å². The van der Waals surface area contributed by atoms with Crippen LogP contribution >= 0.6 is 11.3 Å². The van der Waals surface area contributed by atoms with Crippen molar-refractivity contribution in [1.29, 1.82) is 0 Å². The number of rotatable bonds is 8. The molecule has 41 heavy (non-hydrogen) atoms. The molecule has 2 aromatic heterocycles. The smallest absolute Gasteiger partial charge is 0.350 e. The largest absolute Gasteiger partial charge is 0.462 e. The molecule has 3 aromatic rings. The number of anilines is 4. The summed E-state index contributed by atoms with van der Waals surface area (Å²) in [6.45, 7) is 5.01. The van der Waals surface area contributed by atoms with Crippen LogP contribution in [-0.4, -0.2) is 83.9 Å². The number of nitrogens with one attached hydrogen (secondary N) is 2. The number of piperazine rings is 1. The SMILES string of the molecule is CCOC(=O)c1sc(Nc2nc(N3CCNC(=O)C3)c3c(n2)N(Cc2ccc(C(=O)N(C)C)cc2)C(=O)C3)nc1C. The van der Waals surface area contributed by atoms with Gasteiger partial charge in [0.05, 0.1) is 31.8 Å². The minimum atomic E-state index is -0.458. The highest BCUT2D eigenvalue weighted by molar-refractivity contribution is 7.17. The third-order valence-corrected chi connectivity index (χ3v) is 7.66. The van der Waals surface area contributed by atoms with Gasteiger partial charge in [-0.25, -0.2) is 9.78 Å². The first-order valence-corrected chi connectivity index (χ1v) is 13.9. The number of ether oxygens (including phenoxy) is 1. The summed E-state index contributed by atoms with van der Waals surface area (Å²) in [7, 11) is 3.38. The molecule has 0 radical (unpaired) electrons. The van der Waals surface area contributed by atoms with Gasteiger partial charge in [-0.15, -0.1) is 0 Å². The van der Waals surface area contributed by atoms with Crippen LogP contribution in [0.4, 0.5) is 22.7 Å². The molecular weight excluding hydrogens is 548 g/mol. The van der Waals surface area contributed by atoms with Crippen LogP contribution in [0.15, 0.2) is 24.3 Å². The zero-order chi connectivity index (χ0) is 29.3. The zero-order valence-corrected chi connectivity index (χ0v) is 24.0. The van der Waals surface area contributed by atoms with Crippen LogP contribution in [0.25, 0.3) is 0 Å². The molecule has 214 valence electrons. The third-order valence-electron chi connectivity index (χ3n) is 6.61. The maximum atomic E-state index is 13.3. The van der Waals surface area contributed by atoms with Gasteiger partial charge in [0.1, 0.15) is 16.5 Å². The third kappa shape index (κ3) is 5.82. The van der Waals surface area contributed by atoms with Crippen LogP contribution in [0.2, 0.25) is 0 Å². The number of carbonyl (C=O) groups is 4. The van der Waals surface area contributed by atoms with Crippen molar-refractivity contribution in [1.82, 2.24) is 25.2 Å². The van der Waals surface area contributed by atoms with Gasteiger partial charge in [-0.2, -0.15) is 9.97 Å². The molecule has 2 N–H and O–H groups in total. The summed E-state index contributed by atoms with van der Waals surface area (Å²) >= 11 is 1.12. The van der Waals surface area contributed by atoms with E-state index in [0.29, 0.717) is 51.6 Å². The molecule has 2 aliphatic heterocycles. The average molecular weight is 579 g/mol. The minimum absolute atomic E-state index is 0.0869. The Kier molecular flexibility index (Phi) is 7.83. The van der Waals surface area contributed by atoms with Crippen molar-refractivity contribution < 1.29 is 23.9 Å². The molecule has 0 unspecified atom stereocenters. The van der Waals surface area contributed by atoms with E-state index in [2.05, 4.69) is 20.6 Å². The second kappa shape index (κ2) is 11.5. The van der Waals surface area contributed by atoms with Crippen molar-refractivity contribution in [2.24, 2.45) is 0 Å². The van der Waals surface area contributed by atoms with Gasteiger partial charge >= 0.3 is 5.97 Å². The van der Waals surface area contributed by atoms with Crippen molar-refractivity contribution in [2.45, 2.75) is 26.8 Å². The lowest BCUT2D eigenvalue weighted by atomic mass is 10.1. The lowest BCUT2D eigenvalue weighted by molar-refractivity contribution is -0.120. The first kappa shape index (κ1) is 28.0. The monoisotopic (exact) mass is 578 g/mol. The lowest BCUT2D eigenvalue weighted by Gasteiger charge is -2.29. The van der Waals surface area contributed by atoms with Crippen LogP contribution < -0.4 is 20.4 Å². The molecule has 1 aromatic carbocycles. The predicted octanol–water partition coefficient (Wildman–Crippen LogP) is 1.89. The van der Waals surface area contributed by atoms with E-state index < -0.39 is 5.97 Å². The summed E-state index contributed by atoms with van der Waals surface area (Å²) in [5.74, 6) is 0.246. The summed E-state index contributed by atoms with van der Waals surface area (Å²) in [5.41, 5.74) is 2.52. The van der Waals surface area contributed by atoms with E-state index in [4.69, 9.17) is 9.72 Å². The number of nitrogens with zero attached hydrogens (tertiary/aromatic N) is 6. The van der Waals surface area contributed by atoms with E-state index in [0.717, 1.165) is 16.9 Å². The molecule has 0 atom stereocenters. The van der Waals surface area contributed by atoms with Gasteiger partial charge in [0.2, 0.25) is 17.8 Å². The fourth-order valence-corrected chi connectivity index (χ4v) is 5.49. The van der Waals surface area contributed by atoms with Gasteiger partial charge in [0.15, 0.2) is 5.13 Å². The molecule has 2 aliphatic rings. The standard InChI is InChI=1S/C27H30N8O5S/c1-5-40-25(39)21-15(2)29-27(41-21)32-26-30-22(34-11-10-28-19(36)14-34)18-12-20(37)35(23(18)31-26)13-16-6-8-17(9-7-16)24(38)33(3)4/h6-9H,5,10-14H2,1-4H3,(H,28,36)(H,29,30,31,32). The van der Waals surface area contributed by atoms with Crippen molar-refractivity contribution >= 4 is 57.7 Å². The van der Waals surface area contributed by atoms with Crippen LogP contribution in [0.3, 0.4) is 0 Å². The number of aryl methyl sites for hydroxylation is 1. The van der Waals surface area contributed by atoms with Gasteiger partial charge in [-0.1, -0.05) is 23.5 Å². The molecular formula is C27H30N8O5S. The second-order valence-electron chi connectivity index (χ2n) is 9.78. The number of aromatic nitrogens is 3. The molecule has 0 bridgehead atoms. The van der Waals surface area contributed by atoms with E-state index in [9.17, 15) is 19.2 Å². The number of carbonyl (C=O) groups excluding carboxylic acids is 4. The Hall–Kier alpha value is -4.59. The average Bonchev–Trinajstić information content (AvgIpc) is 3.46. The fraction of sp³-hybridized carbons (Fsp3) is 0.370. The summed E-state index contributed by atoms with van der Waals surface area (Å²) in [4.78, 5) is 69.1. The summed E-state index contributed by atoms with van der Waals surface area (Å²) < 4.78 is 5.12. The first-order valence-electron chi connectivity index (χ1n) is 13.1. The highest BCUT2D eigenvalue weighted by Gasteiger charge is 2.35. The van der Waals surface area contributed by atoms with E-state index >= 15 is 0 Å². The fourth-order valence-electron chi connectivity index (χ4n) is 4.63. The number of benzene rings is 1. The van der Waals surface area contributed by atoms with Crippen LogP contribution in [-0.2, 0) is 27.3 Å². The maximum absolute atomic E-state index is 13.3. The molecule has 1 fully saturated rings. The summed E-state index contributed by atoms with van der Waals surface area (Å²) in [6, 6.07) is 7.09. The molecule has 13 nitrogen and oxygen atoms in total. The quantitative estimate of drug-likeness (QED) is 0.379. The van der Waals surface area contributed by atoms with E-state index in [1.165, 1.54) is 4.90 Å². The lowest BCUT2D eigenvalue weighted by Crippen LogP contribution is -2.48. The van der Waals surface area contributed by atoms with Crippen molar-refractivity contribution in [3.05, 3.63) is 51.5 Å². The maximum Gasteiger partial charge on any atom is 0.350 e. The molecule has 1 saturated heterocycles. The number of thiazole rings is 1. The molecule has 14 heteroatoms. The molecule has 5 rings (SSSR count). The van der Waals surface area contributed by atoms with Crippen LogP contribution in [0, 0.1) is 6.92 Å². The van der Waals surface area contributed by atoms with Gasteiger partial charge in [0.25, 0.3) is 5.91 Å². The minimum Gasteiger partial charge on any atom is -0.462 e. The Morgan fingerprint density at radius 3 is 2.54 bits per heavy atom. The Balaban J connectivity index is 1.49. The number of hydrogen-bond acceptors (Lipinski definition) is 11. The van der Waals surface area contributed by atoms with Gasteiger partial charge in [-0.05, 0) is 31.5 Å². The summed E-state index contributed by atoms with van der Waals surface area (Å²) in [5, 5.41) is 6.28. The molecule has 0 aliphatic carbocycles. The van der Waals surface area contributed by atoms with Crippen LogP contribution in [0.1, 0.15) is 43.8 Å². The topological polar surface area (TPSA) is 150 Å². The first-order chi connectivity index (χ1) is 19.6. The van der Waals surface area contributed by atoms with Crippen LogP contribution in [0.5, 0.6) is 0 Å². The Morgan fingerprint density at radius 1 is 1.12 bits per heavy atom. The Bertz CT molecular complexity index is 1520. The van der Waals surface area contributed by atoms with Gasteiger partial charge in [0, 0.05) is 38.3 Å². The molecule has 3 amide bonds. The van der Waals surface area contributed by atoms with Gasteiger partial charge < -0.3 is 19.9 Å². The van der Waals surface area contributed by atoms with Crippen molar-refractivity contribution in [3.63, 3.8) is 0 Å². The Morgan fingerprint density at radius 2 is 1.85 bits per heavy atom. The predicted molar refractivity (Wildman–Crippen MR) is 153 cm³/mol. The number of amides is 3. The summed E-state index contributed by atoms with van der Waals surface area (Å²) in [6.07, 6.45) is 0.0869. The highest BCUT2D eigenvalue weighted by atomic mass is 32.1. The second-order valence-corrected chi connectivity index (χ2v) is 10.8. The van der Waals surface area contributed by atoms with E-state index in [1.54, 1.807) is 45.0 Å². The molecule has 4 heterocycles. The number of hydrogen-bond donors (Lipinski definition) is 2. The molecule has 0 spiro atoms. The molecule has 0 saturated carbocycles. The van der Waals surface area contributed by atoms with Gasteiger partial charge in [-0.3, -0.25) is 24.6 Å². The Labute approximate surface area is 240 Å². The van der Waals surface area contributed by atoms with E-state index in [-0.39, 0.29) is 49.8 Å². The highest BCUT2D eigenvalue weighted by Crippen LogP contribution is 2.37. The van der Waals surface area contributed by atoms with Crippen molar-refractivity contribution in [3.8, 4) is 0 Å².